The van der Waals surface area contributed by atoms with Crippen LogP contribution in [0.1, 0.15) is 37.6 Å². The molecule has 0 fully saturated rings. The number of fused-ring (bicyclic) bond motifs is 3. The minimum absolute atomic E-state index is 0.191. The van der Waals surface area contributed by atoms with Gasteiger partial charge in [0.05, 0.1) is 30.7 Å². The van der Waals surface area contributed by atoms with E-state index in [1.807, 2.05) is 0 Å². The summed E-state index contributed by atoms with van der Waals surface area (Å²) in [5.74, 6) is -0.432. The molecule has 138 valence electrons. The predicted octanol–water partition coefficient (Wildman–Crippen LogP) is 3.55. The quantitative estimate of drug-likeness (QED) is 0.636. The standard InChI is InChI=1S/C19H16N2O5S/c1-24-18(22)10-6-11(19(23)25-2)8-12(7-10)26-16-15-13-4-3-5-14(13)27-17(15)21-9-20-16/h6-9H,3-5H2,1-2H3. The number of nitrogens with zero attached hydrogens (tertiary/aromatic N) is 2. The first kappa shape index (κ1) is 17.4. The molecule has 7 nitrogen and oxygen atoms in total. The Balaban J connectivity index is 1.79. The van der Waals surface area contributed by atoms with Gasteiger partial charge in [0, 0.05) is 4.88 Å². The van der Waals surface area contributed by atoms with Crippen molar-refractivity contribution in [2.45, 2.75) is 19.3 Å². The fraction of sp³-hybridized carbons (Fsp3) is 0.263. The molecule has 3 aromatic rings. The summed E-state index contributed by atoms with van der Waals surface area (Å²) in [5, 5.41) is 0.901. The Hall–Kier alpha value is -3.00. The van der Waals surface area contributed by atoms with Gasteiger partial charge in [0.1, 0.15) is 16.9 Å². The van der Waals surface area contributed by atoms with Gasteiger partial charge >= 0.3 is 11.9 Å². The number of methoxy groups -OCH3 is 2. The van der Waals surface area contributed by atoms with Gasteiger partial charge in [-0.25, -0.2) is 19.6 Å². The highest BCUT2D eigenvalue weighted by molar-refractivity contribution is 7.18. The number of rotatable bonds is 4. The van der Waals surface area contributed by atoms with Crippen molar-refractivity contribution in [3.63, 3.8) is 0 Å². The Bertz CT molecular complexity index is 1030. The molecule has 8 heteroatoms. The van der Waals surface area contributed by atoms with Crippen LogP contribution in [0, 0.1) is 0 Å². The number of carbonyl (C=O) groups is 2. The maximum Gasteiger partial charge on any atom is 0.338 e. The fourth-order valence-electron chi connectivity index (χ4n) is 3.22. The Morgan fingerprint density at radius 3 is 2.37 bits per heavy atom. The van der Waals surface area contributed by atoms with Crippen LogP contribution in [0.3, 0.4) is 0 Å². The number of benzene rings is 1. The largest absolute Gasteiger partial charge is 0.465 e. The Morgan fingerprint density at radius 1 is 1.00 bits per heavy atom. The molecule has 0 spiro atoms. The Kier molecular flexibility index (Phi) is 4.49. The topological polar surface area (TPSA) is 87.6 Å². The maximum absolute atomic E-state index is 12.0. The smallest absolute Gasteiger partial charge is 0.338 e. The molecule has 0 atom stereocenters. The third-order valence-corrected chi connectivity index (χ3v) is 5.63. The zero-order valence-corrected chi connectivity index (χ0v) is 15.6. The van der Waals surface area contributed by atoms with Crippen LogP contribution in [0.15, 0.2) is 24.5 Å². The number of aryl methyl sites for hydroxylation is 2. The molecular weight excluding hydrogens is 368 g/mol. The summed E-state index contributed by atoms with van der Waals surface area (Å²) < 4.78 is 15.5. The second-order valence-electron chi connectivity index (χ2n) is 6.05. The Labute approximate surface area is 158 Å². The van der Waals surface area contributed by atoms with Crippen molar-refractivity contribution in [3.8, 4) is 11.6 Å². The molecular formula is C19H16N2O5S. The highest BCUT2D eigenvalue weighted by Gasteiger charge is 2.23. The molecule has 1 aliphatic carbocycles. The van der Waals surface area contributed by atoms with Crippen LogP contribution in [0.25, 0.3) is 10.2 Å². The van der Waals surface area contributed by atoms with Crippen LogP contribution in [-0.4, -0.2) is 36.1 Å². The molecule has 0 bridgehead atoms. The van der Waals surface area contributed by atoms with E-state index < -0.39 is 11.9 Å². The molecule has 0 radical (unpaired) electrons. The van der Waals surface area contributed by atoms with Crippen LogP contribution in [-0.2, 0) is 22.3 Å². The van der Waals surface area contributed by atoms with Gasteiger partial charge in [-0.05, 0) is 43.0 Å². The number of hydrogen-bond donors (Lipinski definition) is 0. The van der Waals surface area contributed by atoms with Gasteiger partial charge in [-0.3, -0.25) is 0 Å². The van der Waals surface area contributed by atoms with Crippen molar-refractivity contribution in [3.05, 3.63) is 46.1 Å². The molecule has 1 aliphatic rings. The van der Waals surface area contributed by atoms with Crippen LogP contribution in [0.5, 0.6) is 11.6 Å². The summed E-state index contributed by atoms with van der Waals surface area (Å²) in [5.41, 5.74) is 1.61. The van der Waals surface area contributed by atoms with Crippen LogP contribution in [0.2, 0.25) is 0 Å². The van der Waals surface area contributed by atoms with E-state index in [0.29, 0.717) is 11.6 Å². The molecule has 0 N–H and O–H groups in total. The second kappa shape index (κ2) is 6.96. The SMILES string of the molecule is COC(=O)c1cc(Oc2ncnc3sc4c(c23)CCC4)cc(C(=O)OC)c1. The van der Waals surface area contributed by atoms with Gasteiger partial charge in [-0.1, -0.05) is 0 Å². The van der Waals surface area contributed by atoms with Crippen molar-refractivity contribution >= 4 is 33.5 Å². The van der Waals surface area contributed by atoms with Crippen LogP contribution < -0.4 is 4.74 Å². The van der Waals surface area contributed by atoms with E-state index in [9.17, 15) is 9.59 Å². The van der Waals surface area contributed by atoms with Crippen LogP contribution >= 0.6 is 11.3 Å². The van der Waals surface area contributed by atoms with Gasteiger partial charge in [0.2, 0.25) is 5.88 Å². The van der Waals surface area contributed by atoms with Crippen molar-refractivity contribution in [1.29, 1.82) is 0 Å². The lowest BCUT2D eigenvalue weighted by atomic mass is 10.1. The van der Waals surface area contributed by atoms with Crippen molar-refractivity contribution in [2.24, 2.45) is 0 Å². The average molecular weight is 384 g/mol. The van der Waals surface area contributed by atoms with Crippen molar-refractivity contribution in [1.82, 2.24) is 9.97 Å². The predicted molar refractivity (Wildman–Crippen MR) is 98.6 cm³/mol. The average Bonchev–Trinajstić information content (AvgIpc) is 3.27. The van der Waals surface area contributed by atoms with E-state index in [2.05, 4.69) is 9.97 Å². The number of ether oxygens (including phenoxy) is 3. The molecule has 0 unspecified atom stereocenters. The van der Waals surface area contributed by atoms with E-state index in [0.717, 1.165) is 29.5 Å². The number of carbonyl (C=O) groups excluding carboxylic acids is 2. The molecule has 0 saturated heterocycles. The number of aromatic nitrogens is 2. The number of hydrogen-bond acceptors (Lipinski definition) is 8. The first-order chi connectivity index (χ1) is 13.1. The summed E-state index contributed by atoms with van der Waals surface area (Å²) >= 11 is 1.66. The van der Waals surface area contributed by atoms with E-state index in [1.54, 1.807) is 11.3 Å². The second-order valence-corrected chi connectivity index (χ2v) is 7.13. The molecule has 2 aromatic heterocycles. The van der Waals surface area contributed by atoms with E-state index >= 15 is 0 Å². The third kappa shape index (κ3) is 3.12. The maximum atomic E-state index is 12.0. The lowest BCUT2D eigenvalue weighted by Crippen LogP contribution is -2.07. The monoisotopic (exact) mass is 384 g/mol. The zero-order chi connectivity index (χ0) is 19.0. The summed E-state index contributed by atoms with van der Waals surface area (Å²) in [7, 11) is 2.55. The van der Waals surface area contributed by atoms with E-state index in [-0.39, 0.29) is 11.1 Å². The van der Waals surface area contributed by atoms with Gasteiger partial charge in [-0.2, -0.15) is 0 Å². The highest BCUT2D eigenvalue weighted by atomic mass is 32.1. The normalized spacial score (nSPS) is 12.7. The number of thiophene rings is 1. The van der Waals surface area contributed by atoms with Crippen molar-refractivity contribution < 1.29 is 23.8 Å². The molecule has 2 heterocycles. The highest BCUT2D eigenvalue weighted by Crippen LogP contribution is 2.41. The van der Waals surface area contributed by atoms with Crippen LogP contribution in [0.4, 0.5) is 0 Å². The molecule has 27 heavy (non-hydrogen) atoms. The van der Waals surface area contributed by atoms with Gasteiger partial charge in [0.25, 0.3) is 0 Å². The van der Waals surface area contributed by atoms with E-state index in [4.69, 9.17) is 14.2 Å². The van der Waals surface area contributed by atoms with Gasteiger partial charge in [-0.15, -0.1) is 11.3 Å². The van der Waals surface area contributed by atoms with Crippen molar-refractivity contribution in [2.75, 3.05) is 14.2 Å². The Morgan fingerprint density at radius 2 is 1.70 bits per heavy atom. The third-order valence-electron chi connectivity index (χ3n) is 4.43. The molecule has 4 rings (SSSR count). The molecule has 0 aliphatic heterocycles. The summed E-state index contributed by atoms with van der Waals surface area (Å²) in [6.07, 6.45) is 4.57. The summed E-state index contributed by atoms with van der Waals surface area (Å²) in [6, 6.07) is 4.43. The van der Waals surface area contributed by atoms with Gasteiger partial charge < -0.3 is 14.2 Å². The number of esters is 2. The first-order valence-electron chi connectivity index (χ1n) is 8.35. The van der Waals surface area contributed by atoms with Gasteiger partial charge in [0.15, 0.2) is 0 Å². The minimum Gasteiger partial charge on any atom is -0.465 e. The summed E-state index contributed by atoms with van der Waals surface area (Å²) in [4.78, 5) is 34.7. The first-order valence-corrected chi connectivity index (χ1v) is 9.17. The zero-order valence-electron chi connectivity index (χ0n) is 14.8. The molecule has 0 amide bonds. The minimum atomic E-state index is -0.574. The lowest BCUT2D eigenvalue weighted by molar-refractivity contribution is 0.0598. The molecule has 0 saturated carbocycles. The lowest BCUT2D eigenvalue weighted by Gasteiger charge is -2.10. The molecule has 1 aromatic carbocycles. The summed E-state index contributed by atoms with van der Waals surface area (Å²) in [6.45, 7) is 0. The van der Waals surface area contributed by atoms with E-state index in [1.165, 1.54) is 49.2 Å². The fourth-order valence-corrected chi connectivity index (χ4v) is 4.44.